The SMILES string of the molecule is Cc1c(C(=O)O)cnn1C1CCCNC1. The van der Waals surface area contributed by atoms with Gasteiger partial charge < -0.3 is 10.4 Å². The first kappa shape index (κ1) is 10.2. The highest BCUT2D eigenvalue weighted by Crippen LogP contribution is 2.19. The van der Waals surface area contributed by atoms with E-state index in [1.807, 2.05) is 11.6 Å². The standard InChI is InChI=1S/C10H15N3O2/c1-7-9(10(14)15)6-12-13(7)8-3-2-4-11-5-8/h6,8,11H,2-5H2,1H3,(H,14,15). The topological polar surface area (TPSA) is 67.1 Å². The summed E-state index contributed by atoms with van der Waals surface area (Å²) in [6.07, 6.45) is 3.62. The molecular weight excluding hydrogens is 194 g/mol. The van der Waals surface area contributed by atoms with Crippen LogP contribution in [0.5, 0.6) is 0 Å². The molecule has 1 aliphatic heterocycles. The zero-order valence-electron chi connectivity index (χ0n) is 8.73. The summed E-state index contributed by atoms with van der Waals surface area (Å²) in [6, 6.07) is 0.298. The van der Waals surface area contributed by atoms with Gasteiger partial charge in [0.05, 0.1) is 17.9 Å². The van der Waals surface area contributed by atoms with Crippen molar-refractivity contribution >= 4 is 5.97 Å². The lowest BCUT2D eigenvalue weighted by Crippen LogP contribution is -2.32. The van der Waals surface area contributed by atoms with Gasteiger partial charge in [-0.3, -0.25) is 4.68 Å². The number of nitrogens with one attached hydrogen (secondary N) is 1. The van der Waals surface area contributed by atoms with Crippen LogP contribution in [0.25, 0.3) is 0 Å². The molecule has 2 heterocycles. The molecule has 1 fully saturated rings. The van der Waals surface area contributed by atoms with Gasteiger partial charge in [-0.25, -0.2) is 4.79 Å². The average Bonchev–Trinajstić information content (AvgIpc) is 2.61. The molecule has 5 heteroatoms. The van der Waals surface area contributed by atoms with Crippen LogP contribution in [0.3, 0.4) is 0 Å². The summed E-state index contributed by atoms with van der Waals surface area (Å²) in [4.78, 5) is 10.8. The Balaban J connectivity index is 2.24. The minimum Gasteiger partial charge on any atom is -0.478 e. The van der Waals surface area contributed by atoms with E-state index in [4.69, 9.17) is 5.11 Å². The minimum absolute atomic E-state index is 0.298. The number of aromatic nitrogens is 2. The van der Waals surface area contributed by atoms with E-state index >= 15 is 0 Å². The molecule has 0 bridgehead atoms. The molecule has 15 heavy (non-hydrogen) atoms. The molecule has 1 saturated heterocycles. The van der Waals surface area contributed by atoms with Crippen molar-refractivity contribution in [2.45, 2.75) is 25.8 Å². The third-order valence-corrected chi connectivity index (χ3v) is 2.89. The summed E-state index contributed by atoms with van der Waals surface area (Å²) in [5, 5.41) is 16.4. The maximum atomic E-state index is 10.8. The van der Waals surface area contributed by atoms with E-state index in [1.54, 1.807) is 0 Å². The molecule has 0 aromatic carbocycles. The summed E-state index contributed by atoms with van der Waals surface area (Å²) in [7, 11) is 0. The molecule has 2 rings (SSSR count). The van der Waals surface area contributed by atoms with Gasteiger partial charge in [0, 0.05) is 6.54 Å². The van der Waals surface area contributed by atoms with Gasteiger partial charge in [0.25, 0.3) is 0 Å². The van der Waals surface area contributed by atoms with Crippen LogP contribution in [0.15, 0.2) is 6.20 Å². The van der Waals surface area contributed by atoms with E-state index in [-0.39, 0.29) is 0 Å². The lowest BCUT2D eigenvalue weighted by molar-refractivity contribution is 0.0696. The fraction of sp³-hybridized carbons (Fsp3) is 0.600. The molecule has 0 saturated carbocycles. The van der Waals surface area contributed by atoms with E-state index in [1.165, 1.54) is 6.20 Å². The molecule has 1 atom stereocenters. The van der Waals surface area contributed by atoms with Gasteiger partial charge in [-0.2, -0.15) is 5.10 Å². The molecule has 1 aliphatic rings. The van der Waals surface area contributed by atoms with Gasteiger partial charge in [-0.05, 0) is 26.3 Å². The van der Waals surface area contributed by atoms with Crippen LogP contribution in [0.2, 0.25) is 0 Å². The molecule has 0 spiro atoms. The Morgan fingerprint density at radius 1 is 1.73 bits per heavy atom. The normalized spacial score (nSPS) is 21.5. The number of hydrogen-bond donors (Lipinski definition) is 2. The quantitative estimate of drug-likeness (QED) is 0.756. The molecule has 0 amide bonds. The summed E-state index contributed by atoms with van der Waals surface area (Å²) >= 11 is 0. The van der Waals surface area contributed by atoms with Crippen LogP contribution >= 0.6 is 0 Å². The molecule has 1 aromatic rings. The third kappa shape index (κ3) is 1.87. The van der Waals surface area contributed by atoms with E-state index in [9.17, 15) is 4.79 Å². The monoisotopic (exact) mass is 209 g/mol. The van der Waals surface area contributed by atoms with Crippen molar-refractivity contribution in [1.29, 1.82) is 0 Å². The van der Waals surface area contributed by atoms with E-state index in [2.05, 4.69) is 10.4 Å². The van der Waals surface area contributed by atoms with Crippen molar-refractivity contribution < 1.29 is 9.90 Å². The number of nitrogens with zero attached hydrogens (tertiary/aromatic N) is 2. The maximum absolute atomic E-state index is 10.8. The number of piperidine rings is 1. The van der Waals surface area contributed by atoms with Crippen molar-refractivity contribution in [1.82, 2.24) is 15.1 Å². The highest BCUT2D eigenvalue weighted by molar-refractivity contribution is 5.88. The summed E-state index contributed by atoms with van der Waals surface area (Å²) in [5.41, 5.74) is 1.05. The first-order valence-corrected chi connectivity index (χ1v) is 5.18. The van der Waals surface area contributed by atoms with Gasteiger partial charge in [0.15, 0.2) is 0 Å². The second-order valence-corrected chi connectivity index (χ2v) is 3.89. The van der Waals surface area contributed by atoms with E-state index < -0.39 is 5.97 Å². The smallest absolute Gasteiger partial charge is 0.339 e. The lowest BCUT2D eigenvalue weighted by Gasteiger charge is -2.24. The summed E-state index contributed by atoms with van der Waals surface area (Å²) in [6.45, 7) is 3.73. The fourth-order valence-corrected chi connectivity index (χ4v) is 2.04. The Morgan fingerprint density at radius 3 is 3.07 bits per heavy atom. The Bertz CT molecular complexity index is 367. The zero-order chi connectivity index (χ0) is 10.8. The van der Waals surface area contributed by atoms with Crippen LogP contribution in [-0.4, -0.2) is 33.9 Å². The van der Waals surface area contributed by atoms with Crippen LogP contribution < -0.4 is 5.32 Å². The molecular formula is C10H15N3O2. The Morgan fingerprint density at radius 2 is 2.53 bits per heavy atom. The second kappa shape index (κ2) is 4.02. The Labute approximate surface area is 88.1 Å². The van der Waals surface area contributed by atoms with Crippen molar-refractivity contribution in [2.75, 3.05) is 13.1 Å². The number of aromatic carboxylic acids is 1. The largest absolute Gasteiger partial charge is 0.478 e. The van der Waals surface area contributed by atoms with Crippen molar-refractivity contribution in [3.63, 3.8) is 0 Å². The van der Waals surface area contributed by atoms with Crippen LogP contribution in [-0.2, 0) is 0 Å². The summed E-state index contributed by atoms with van der Waals surface area (Å²) < 4.78 is 1.83. The molecule has 1 aromatic heterocycles. The van der Waals surface area contributed by atoms with Crippen molar-refractivity contribution in [3.05, 3.63) is 17.5 Å². The van der Waals surface area contributed by atoms with Gasteiger partial charge >= 0.3 is 5.97 Å². The molecule has 1 unspecified atom stereocenters. The predicted molar refractivity (Wildman–Crippen MR) is 55.1 cm³/mol. The molecule has 0 aliphatic carbocycles. The Hall–Kier alpha value is -1.36. The first-order chi connectivity index (χ1) is 7.20. The van der Waals surface area contributed by atoms with Gasteiger partial charge in [0.1, 0.15) is 5.56 Å². The van der Waals surface area contributed by atoms with E-state index in [0.717, 1.165) is 31.6 Å². The number of carbonyl (C=O) groups is 1. The lowest BCUT2D eigenvalue weighted by atomic mass is 10.1. The maximum Gasteiger partial charge on any atom is 0.339 e. The molecule has 0 radical (unpaired) electrons. The highest BCUT2D eigenvalue weighted by atomic mass is 16.4. The predicted octanol–water partition coefficient (Wildman–Crippen LogP) is 0.814. The first-order valence-electron chi connectivity index (χ1n) is 5.18. The zero-order valence-corrected chi connectivity index (χ0v) is 8.73. The van der Waals surface area contributed by atoms with E-state index in [0.29, 0.717) is 11.6 Å². The van der Waals surface area contributed by atoms with Gasteiger partial charge in [0.2, 0.25) is 0 Å². The molecule has 82 valence electrons. The van der Waals surface area contributed by atoms with Crippen LogP contribution in [0.4, 0.5) is 0 Å². The molecule has 5 nitrogen and oxygen atoms in total. The van der Waals surface area contributed by atoms with Crippen molar-refractivity contribution in [2.24, 2.45) is 0 Å². The van der Waals surface area contributed by atoms with Crippen LogP contribution in [0, 0.1) is 6.92 Å². The fourth-order valence-electron chi connectivity index (χ4n) is 2.04. The second-order valence-electron chi connectivity index (χ2n) is 3.89. The number of carboxylic acids is 1. The average molecular weight is 209 g/mol. The van der Waals surface area contributed by atoms with Crippen molar-refractivity contribution in [3.8, 4) is 0 Å². The van der Waals surface area contributed by atoms with Gasteiger partial charge in [-0.15, -0.1) is 0 Å². The number of hydrogen-bond acceptors (Lipinski definition) is 3. The molecule has 2 N–H and O–H groups in total. The third-order valence-electron chi connectivity index (χ3n) is 2.89. The highest BCUT2D eigenvalue weighted by Gasteiger charge is 2.20. The number of carboxylic acid groups (broad SMARTS) is 1. The Kier molecular flexibility index (Phi) is 2.73. The minimum atomic E-state index is -0.900. The van der Waals surface area contributed by atoms with Gasteiger partial charge in [-0.1, -0.05) is 0 Å². The number of rotatable bonds is 2. The van der Waals surface area contributed by atoms with Crippen LogP contribution in [0.1, 0.15) is 34.9 Å². The summed E-state index contributed by atoms with van der Waals surface area (Å²) in [5.74, 6) is -0.900.